The van der Waals surface area contributed by atoms with Gasteiger partial charge < -0.3 is 11.1 Å². The fraction of sp³-hybridized carbons (Fsp3) is 0.400. The predicted octanol–water partition coefficient (Wildman–Crippen LogP) is 1.57. The molecule has 1 aromatic rings. The molecule has 0 amide bonds. The Kier molecular flexibility index (Phi) is 3.98. The van der Waals surface area contributed by atoms with E-state index in [4.69, 9.17) is 5.73 Å². The summed E-state index contributed by atoms with van der Waals surface area (Å²) in [7, 11) is 1.82. The van der Waals surface area contributed by atoms with Gasteiger partial charge in [0.15, 0.2) is 11.6 Å². The van der Waals surface area contributed by atoms with Crippen LogP contribution in [0.15, 0.2) is 18.2 Å². The highest BCUT2D eigenvalue weighted by Gasteiger charge is 2.08. The van der Waals surface area contributed by atoms with Crippen LogP contribution in [-0.4, -0.2) is 13.6 Å². The van der Waals surface area contributed by atoms with E-state index in [1.54, 1.807) is 0 Å². The van der Waals surface area contributed by atoms with Crippen LogP contribution in [0.4, 0.5) is 8.78 Å². The molecule has 0 radical (unpaired) electrons. The van der Waals surface area contributed by atoms with Crippen molar-refractivity contribution < 1.29 is 8.78 Å². The van der Waals surface area contributed by atoms with Crippen LogP contribution in [0.25, 0.3) is 0 Å². The number of halogens is 2. The number of hydrogen-bond donors (Lipinski definition) is 2. The van der Waals surface area contributed by atoms with Gasteiger partial charge in [0, 0.05) is 6.04 Å². The van der Waals surface area contributed by atoms with Crippen LogP contribution < -0.4 is 11.1 Å². The molecule has 0 saturated carbocycles. The fourth-order valence-corrected chi connectivity index (χ4v) is 1.21. The Hall–Kier alpha value is -1.00. The summed E-state index contributed by atoms with van der Waals surface area (Å²) in [5, 5.41) is 2.95. The van der Waals surface area contributed by atoms with Gasteiger partial charge in [0.2, 0.25) is 0 Å². The average Bonchev–Trinajstić information content (AvgIpc) is 2.18. The van der Waals surface area contributed by atoms with Gasteiger partial charge in [0.05, 0.1) is 0 Å². The van der Waals surface area contributed by atoms with E-state index in [9.17, 15) is 8.78 Å². The van der Waals surface area contributed by atoms with Crippen molar-refractivity contribution in [2.24, 2.45) is 5.73 Å². The van der Waals surface area contributed by atoms with E-state index in [1.807, 2.05) is 7.05 Å². The van der Waals surface area contributed by atoms with Crippen molar-refractivity contribution in [2.75, 3.05) is 13.6 Å². The Balaban J connectivity index is 2.70. The minimum absolute atomic E-state index is 0.252. The van der Waals surface area contributed by atoms with Gasteiger partial charge in [0.1, 0.15) is 0 Å². The molecule has 1 atom stereocenters. The van der Waals surface area contributed by atoms with Crippen molar-refractivity contribution in [3.05, 3.63) is 35.4 Å². The molecule has 4 heteroatoms. The van der Waals surface area contributed by atoms with E-state index in [1.165, 1.54) is 6.07 Å². The molecule has 0 aliphatic heterocycles. The molecular formula is C10H14F2N2. The Bertz CT molecular complexity index is 302. The lowest BCUT2D eigenvalue weighted by Gasteiger charge is -2.11. The largest absolute Gasteiger partial charge is 0.324 e. The van der Waals surface area contributed by atoms with Gasteiger partial charge in [-0.2, -0.15) is 0 Å². The zero-order valence-electron chi connectivity index (χ0n) is 8.06. The third-order valence-corrected chi connectivity index (χ3v) is 2.08. The summed E-state index contributed by atoms with van der Waals surface area (Å²) in [4.78, 5) is 0. The van der Waals surface area contributed by atoms with Crippen LogP contribution in [0.5, 0.6) is 0 Å². The van der Waals surface area contributed by atoms with Crippen molar-refractivity contribution in [3.63, 3.8) is 0 Å². The first kappa shape index (κ1) is 11.1. The summed E-state index contributed by atoms with van der Waals surface area (Å²) in [5.74, 6) is -1.68. The molecule has 0 spiro atoms. The van der Waals surface area contributed by atoms with Gasteiger partial charge in [-0.3, -0.25) is 0 Å². The van der Waals surface area contributed by atoms with E-state index >= 15 is 0 Å². The summed E-state index contributed by atoms with van der Waals surface area (Å²) in [5.41, 5.74) is 6.40. The predicted molar refractivity (Wildman–Crippen MR) is 51.8 cm³/mol. The van der Waals surface area contributed by atoms with Crippen molar-refractivity contribution in [3.8, 4) is 0 Å². The molecule has 0 saturated heterocycles. The zero-order chi connectivity index (χ0) is 10.6. The molecule has 78 valence electrons. The zero-order valence-corrected chi connectivity index (χ0v) is 8.06. The summed E-state index contributed by atoms with van der Waals surface area (Å²) in [6.45, 7) is 0.750. The molecule has 0 aliphatic rings. The Morgan fingerprint density at radius 1 is 1.36 bits per heavy atom. The van der Waals surface area contributed by atoms with Gasteiger partial charge in [-0.1, -0.05) is 6.07 Å². The highest BCUT2D eigenvalue weighted by Crippen LogP contribution is 2.16. The van der Waals surface area contributed by atoms with Gasteiger partial charge >= 0.3 is 0 Å². The first-order chi connectivity index (χ1) is 6.65. The van der Waals surface area contributed by atoms with Crippen molar-refractivity contribution in [1.29, 1.82) is 0 Å². The maximum absolute atomic E-state index is 12.8. The molecule has 0 aromatic heterocycles. The summed E-state index contributed by atoms with van der Waals surface area (Å²) in [6, 6.07) is 3.51. The number of hydrogen-bond acceptors (Lipinski definition) is 2. The number of nitrogens with one attached hydrogen (secondary N) is 1. The molecule has 0 heterocycles. The fourth-order valence-electron chi connectivity index (χ4n) is 1.21. The lowest BCUT2D eigenvalue weighted by Crippen LogP contribution is -2.18. The lowest BCUT2D eigenvalue weighted by atomic mass is 10.0. The van der Waals surface area contributed by atoms with Crippen LogP contribution in [-0.2, 0) is 0 Å². The van der Waals surface area contributed by atoms with E-state index in [2.05, 4.69) is 5.32 Å². The molecule has 2 nitrogen and oxygen atoms in total. The van der Waals surface area contributed by atoms with Crippen LogP contribution in [0.2, 0.25) is 0 Å². The van der Waals surface area contributed by atoms with Crippen molar-refractivity contribution >= 4 is 0 Å². The van der Waals surface area contributed by atoms with E-state index < -0.39 is 11.6 Å². The Morgan fingerprint density at radius 3 is 2.64 bits per heavy atom. The van der Waals surface area contributed by atoms with Crippen molar-refractivity contribution in [2.45, 2.75) is 12.5 Å². The minimum atomic E-state index is -0.845. The summed E-state index contributed by atoms with van der Waals surface area (Å²) < 4.78 is 25.4. The third kappa shape index (κ3) is 2.75. The molecule has 14 heavy (non-hydrogen) atoms. The van der Waals surface area contributed by atoms with E-state index in [-0.39, 0.29) is 6.04 Å². The van der Waals surface area contributed by atoms with Crippen molar-refractivity contribution in [1.82, 2.24) is 5.32 Å². The lowest BCUT2D eigenvalue weighted by molar-refractivity contribution is 0.503. The quantitative estimate of drug-likeness (QED) is 0.774. The monoisotopic (exact) mass is 200 g/mol. The highest BCUT2D eigenvalue weighted by atomic mass is 19.2. The standard InChI is InChI=1S/C10H14F2N2/c1-14-5-4-10(13)7-2-3-8(11)9(12)6-7/h2-3,6,10,14H,4-5,13H2,1H3. The molecular weight excluding hydrogens is 186 g/mol. The normalized spacial score (nSPS) is 12.9. The van der Waals surface area contributed by atoms with E-state index in [0.717, 1.165) is 18.7 Å². The maximum Gasteiger partial charge on any atom is 0.159 e. The number of benzene rings is 1. The van der Waals surface area contributed by atoms with Crippen LogP contribution in [0.1, 0.15) is 18.0 Å². The molecule has 3 N–H and O–H groups in total. The second-order valence-electron chi connectivity index (χ2n) is 3.17. The maximum atomic E-state index is 12.8. The van der Waals surface area contributed by atoms with Crippen LogP contribution in [0.3, 0.4) is 0 Å². The smallest absolute Gasteiger partial charge is 0.159 e. The topological polar surface area (TPSA) is 38.0 Å². The second-order valence-corrected chi connectivity index (χ2v) is 3.17. The Morgan fingerprint density at radius 2 is 2.07 bits per heavy atom. The minimum Gasteiger partial charge on any atom is -0.324 e. The Labute approximate surface area is 82.1 Å². The van der Waals surface area contributed by atoms with Gasteiger partial charge in [-0.05, 0) is 37.7 Å². The first-order valence-electron chi connectivity index (χ1n) is 4.50. The first-order valence-corrected chi connectivity index (χ1v) is 4.50. The highest BCUT2D eigenvalue weighted by molar-refractivity contribution is 5.20. The molecule has 0 bridgehead atoms. The second kappa shape index (κ2) is 5.02. The van der Waals surface area contributed by atoms with Crippen LogP contribution >= 0.6 is 0 Å². The average molecular weight is 200 g/mol. The van der Waals surface area contributed by atoms with Gasteiger partial charge in [-0.25, -0.2) is 8.78 Å². The molecule has 1 unspecified atom stereocenters. The van der Waals surface area contributed by atoms with Gasteiger partial charge in [-0.15, -0.1) is 0 Å². The molecule has 1 aromatic carbocycles. The third-order valence-electron chi connectivity index (χ3n) is 2.08. The molecule has 1 rings (SSSR count). The number of nitrogens with two attached hydrogens (primary N) is 1. The summed E-state index contributed by atoms with van der Waals surface area (Å²) >= 11 is 0. The van der Waals surface area contributed by atoms with E-state index in [0.29, 0.717) is 12.0 Å². The summed E-state index contributed by atoms with van der Waals surface area (Å²) in [6.07, 6.45) is 0.696. The molecule has 0 fully saturated rings. The SMILES string of the molecule is CNCCC(N)c1ccc(F)c(F)c1. The number of rotatable bonds is 4. The van der Waals surface area contributed by atoms with Gasteiger partial charge in [0.25, 0.3) is 0 Å². The molecule has 0 aliphatic carbocycles. The van der Waals surface area contributed by atoms with Crippen LogP contribution in [0, 0.1) is 11.6 Å².